The Morgan fingerprint density at radius 3 is 2.20 bits per heavy atom. The number of aliphatic hydroxyl groups is 1. The van der Waals surface area contributed by atoms with Crippen molar-refractivity contribution in [3.05, 3.63) is 35.6 Å². The van der Waals surface area contributed by atoms with Gasteiger partial charge in [0.1, 0.15) is 5.75 Å². The molecule has 0 atom stereocenters. The van der Waals surface area contributed by atoms with E-state index in [-0.39, 0.29) is 17.5 Å². The SMILES string of the molecule is CCOc1ccc(C2=C(O)C(=O)N(C3CCCCCCC3)C2=O)cc1. The maximum atomic E-state index is 12.9. The van der Waals surface area contributed by atoms with E-state index in [1.165, 1.54) is 11.3 Å². The van der Waals surface area contributed by atoms with Gasteiger partial charge in [-0.1, -0.05) is 44.2 Å². The van der Waals surface area contributed by atoms with Crippen molar-refractivity contribution in [3.63, 3.8) is 0 Å². The molecule has 134 valence electrons. The fourth-order valence-corrected chi connectivity index (χ4v) is 3.70. The van der Waals surface area contributed by atoms with Gasteiger partial charge >= 0.3 is 0 Å². The van der Waals surface area contributed by atoms with Crippen LogP contribution in [0.2, 0.25) is 0 Å². The summed E-state index contributed by atoms with van der Waals surface area (Å²) in [5, 5.41) is 10.3. The van der Waals surface area contributed by atoms with E-state index in [1.807, 2.05) is 6.92 Å². The normalized spacial score (nSPS) is 20.0. The van der Waals surface area contributed by atoms with E-state index in [2.05, 4.69) is 0 Å². The monoisotopic (exact) mass is 343 g/mol. The molecule has 5 heteroatoms. The summed E-state index contributed by atoms with van der Waals surface area (Å²) in [6.07, 6.45) is 7.16. The van der Waals surface area contributed by atoms with Crippen LogP contribution in [-0.4, -0.2) is 34.5 Å². The summed E-state index contributed by atoms with van der Waals surface area (Å²) in [5.41, 5.74) is 0.655. The van der Waals surface area contributed by atoms with Gasteiger partial charge in [0.2, 0.25) is 0 Å². The van der Waals surface area contributed by atoms with Crippen molar-refractivity contribution in [2.75, 3.05) is 6.61 Å². The van der Waals surface area contributed by atoms with Crippen LogP contribution in [-0.2, 0) is 9.59 Å². The van der Waals surface area contributed by atoms with Crippen molar-refractivity contribution in [3.8, 4) is 5.75 Å². The molecule has 0 aromatic heterocycles. The number of benzene rings is 1. The van der Waals surface area contributed by atoms with Crippen LogP contribution < -0.4 is 4.74 Å². The number of rotatable bonds is 4. The minimum absolute atomic E-state index is 0.107. The molecule has 2 aliphatic rings. The van der Waals surface area contributed by atoms with Gasteiger partial charge in [0.25, 0.3) is 11.8 Å². The summed E-state index contributed by atoms with van der Waals surface area (Å²) >= 11 is 0. The molecule has 1 aliphatic carbocycles. The average molecular weight is 343 g/mol. The van der Waals surface area contributed by atoms with Crippen LogP contribution in [0.15, 0.2) is 30.0 Å². The predicted molar refractivity (Wildman–Crippen MR) is 95.1 cm³/mol. The van der Waals surface area contributed by atoms with Crippen molar-refractivity contribution < 1.29 is 19.4 Å². The maximum absolute atomic E-state index is 12.9. The fraction of sp³-hybridized carbons (Fsp3) is 0.500. The molecule has 1 aromatic carbocycles. The van der Waals surface area contributed by atoms with Gasteiger partial charge in [-0.25, -0.2) is 0 Å². The van der Waals surface area contributed by atoms with Crippen LogP contribution in [0.3, 0.4) is 0 Å². The quantitative estimate of drug-likeness (QED) is 0.844. The number of carbonyl (C=O) groups excluding carboxylic acids is 2. The van der Waals surface area contributed by atoms with Gasteiger partial charge < -0.3 is 9.84 Å². The molecule has 5 nitrogen and oxygen atoms in total. The molecule has 25 heavy (non-hydrogen) atoms. The Bertz CT molecular complexity index is 669. The van der Waals surface area contributed by atoms with Crippen molar-refractivity contribution in [2.24, 2.45) is 0 Å². The summed E-state index contributed by atoms with van der Waals surface area (Å²) in [6.45, 7) is 2.45. The van der Waals surface area contributed by atoms with E-state index < -0.39 is 11.7 Å². The first kappa shape index (κ1) is 17.5. The first-order valence-electron chi connectivity index (χ1n) is 9.18. The molecule has 2 amide bonds. The van der Waals surface area contributed by atoms with Gasteiger partial charge in [-0.3, -0.25) is 14.5 Å². The lowest BCUT2D eigenvalue weighted by Crippen LogP contribution is -2.41. The van der Waals surface area contributed by atoms with Gasteiger partial charge in [-0.2, -0.15) is 0 Å². The molecule has 3 rings (SSSR count). The van der Waals surface area contributed by atoms with Gasteiger partial charge in [0.05, 0.1) is 12.2 Å². The lowest BCUT2D eigenvalue weighted by molar-refractivity contribution is -0.141. The number of amides is 2. The first-order valence-corrected chi connectivity index (χ1v) is 9.18. The van der Waals surface area contributed by atoms with Crippen molar-refractivity contribution in [1.82, 2.24) is 4.90 Å². The van der Waals surface area contributed by atoms with Crippen LogP contribution >= 0.6 is 0 Å². The molecule has 0 unspecified atom stereocenters. The number of imide groups is 1. The molecule has 1 N–H and O–H groups in total. The second kappa shape index (κ2) is 7.72. The number of ether oxygens (including phenoxy) is 1. The molecule has 1 aromatic rings. The summed E-state index contributed by atoms with van der Waals surface area (Å²) in [4.78, 5) is 26.7. The van der Waals surface area contributed by atoms with E-state index in [9.17, 15) is 14.7 Å². The van der Waals surface area contributed by atoms with E-state index in [4.69, 9.17) is 4.74 Å². The molecular formula is C20H25NO4. The Balaban J connectivity index is 1.83. The van der Waals surface area contributed by atoms with Crippen molar-refractivity contribution in [1.29, 1.82) is 0 Å². The molecule has 1 heterocycles. The highest BCUT2D eigenvalue weighted by molar-refractivity contribution is 6.35. The second-order valence-electron chi connectivity index (χ2n) is 6.66. The number of carbonyl (C=O) groups is 2. The first-order chi connectivity index (χ1) is 12.1. The molecule has 0 bridgehead atoms. The van der Waals surface area contributed by atoms with Gasteiger partial charge in [0, 0.05) is 6.04 Å². The van der Waals surface area contributed by atoms with Crippen LogP contribution in [0, 0.1) is 0 Å². The molecule has 1 fully saturated rings. The van der Waals surface area contributed by atoms with E-state index in [1.54, 1.807) is 24.3 Å². The summed E-state index contributed by atoms with van der Waals surface area (Å²) < 4.78 is 5.40. The topological polar surface area (TPSA) is 66.8 Å². The van der Waals surface area contributed by atoms with Crippen molar-refractivity contribution >= 4 is 17.4 Å². The highest BCUT2D eigenvalue weighted by Crippen LogP contribution is 2.33. The lowest BCUT2D eigenvalue weighted by atomic mass is 9.95. The van der Waals surface area contributed by atoms with Gasteiger partial charge in [-0.15, -0.1) is 0 Å². The highest BCUT2D eigenvalue weighted by Gasteiger charge is 2.42. The van der Waals surface area contributed by atoms with Gasteiger partial charge in [-0.05, 0) is 37.5 Å². The minimum Gasteiger partial charge on any atom is -0.502 e. The summed E-state index contributed by atoms with van der Waals surface area (Å²) in [7, 11) is 0. The minimum atomic E-state index is -0.556. The Morgan fingerprint density at radius 2 is 1.60 bits per heavy atom. The number of hydrogen-bond acceptors (Lipinski definition) is 4. The molecule has 0 spiro atoms. The number of hydrogen-bond donors (Lipinski definition) is 1. The third-order valence-corrected chi connectivity index (χ3v) is 4.98. The fourth-order valence-electron chi connectivity index (χ4n) is 3.70. The Kier molecular flexibility index (Phi) is 5.41. The average Bonchev–Trinajstić information content (AvgIpc) is 2.79. The van der Waals surface area contributed by atoms with Gasteiger partial charge in [0.15, 0.2) is 5.76 Å². The largest absolute Gasteiger partial charge is 0.502 e. The zero-order valence-corrected chi connectivity index (χ0v) is 14.7. The van der Waals surface area contributed by atoms with Crippen LogP contribution in [0.5, 0.6) is 5.75 Å². The molecule has 0 radical (unpaired) electrons. The third-order valence-electron chi connectivity index (χ3n) is 4.98. The van der Waals surface area contributed by atoms with E-state index >= 15 is 0 Å². The molecule has 1 aliphatic heterocycles. The molecular weight excluding hydrogens is 318 g/mol. The third kappa shape index (κ3) is 3.55. The summed E-state index contributed by atoms with van der Waals surface area (Å²) in [5.74, 6) is -0.673. The Labute approximate surface area is 148 Å². The van der Waals surface area contributed by atoms with Crippen LogP contribution in [0.1, 0.15) is 57.4 Å². The van der Waals surface area contributed by atoms with Crippen LogP contribution in [0.25, 0.3) is 5.57 Å². The number of aliphatic hydroxyl groups excluding tert-OH is 1. The van der Waals surface area contributed by atoms with E-state index in [0.717, 1.165) is 38.5 Å². The predicted octanol–water partition coefficient (Wildman–Crippen LogP) is 3.84. The van der Waals surface area contributed by atoms with Crippen LogP contribution in [0.4, 0.5) is 0 Å². The lowest BCUT2D eigenvalue weighted by Gasteiger charge is -2.28. The Morgan fingerprint density at radius 1 is 1.00 bits per heavy atom. The van der Waals surface area contributed by atoms with Crippen molar-refractivity contribution in [2.45, 2.75) is 57.9 Å². The zero-order valence-electron chi connectivity index (χ0n) is 14.7. The highest BCUT2D eigenvalue weighted by atomic mass is 16.5. The molecule has 0 saturated heterocycles. The second-order valence-corrected chi connectivity index (χ2v) is 6.66. The zero-order chi connectivity index (χ0) is 17.8. The standard InChI is InChI=1S/C20H25NO4/c1-2-25-16-12-10-14(11-13-16)17-18(22)20(24)21(19(17)23)15-8-6-4-3-5-7-9-15/h10-13,15,22H,2-9H2,1H3. The van der Waals surface area contributed by atoms with E-state index in [0.29, 0.717) is 17.9 Å². The smallest absolute Gasteiger partial charge is 0.296 e. The maximum Gasteiger partial charge on any atom is 0.296 e. The summed E-state index contributed by atoms with van der Waals surface area (Å²) in [6, 6.07) is 6.81. The molecule has 1 saturated carbocycles. The number of nitrogens with zero attached hydrogens (tertiary/aromatic N) is 1. The Hall–Kier alpha value is -2.30.